The first-order valence-corrected chi connectivity index (χ1v) is 14.9. The third-order valence-corrected chi connectivity index (χ3v) is 7.77. The summed E-state index contributed by atoms with van der Waals surface area (Å²) in [5.41, 5.74) is -1.43. The van der Waals surface area contributed by atoms with Gasteiger partial charge in [-0.1, -0.05) is 6.07 Å². The summed E-state index contributed by atoms with van der Waals surface area (Å²) < 4.78 is 70.7. The number of aromatic hydroxyl groups is 1. The molecule has 0 fully saturated rings. The van der Waals surface area contributed by atoms with Gasteiger partial charge in [0.2, 0.25) is 11.9 Å². The van der Waals surface area contributed by atoms with Crippen molar-refractivity contribution >= 4 is 54.9 Å². The molecule has 2 heterocycles. The van der Waals surface area contributed by atoms with Gasteiger partial charge in [0, 0.05) is 23.5 Å². The number of nitrogens with one attached hydrogen (secondary N) is 3. The largest absolute Gasteiger partial charge is 1.00 e. The summed E-state index contributed by atoms with van der Waals surface area (Å²) in [4.78, 5) is 33.7. The number of pyridine rings is 1. The van der Waals surface area contributed by atoms with E-state index in [1.165, 1.54) is 25.1 Å². The third kappa shape index (κ3) is 9.06. The Balaban J connectivity index is 0.00000353. The van der Waals surface area contributed by atoms with Gasteiger partial charge in [-0.3, -0.25) is 14.3 Å². The van der Waals surface area contributed by atoms with Crippen LogP contribution in [0.5, 0.6) is 5.88 Å². The van der Waals surface area contributed by atoms with Crippen LogP contribution in [-0.4, -0.2) is 50.6 Å². The molecule has 0 atom stereocenters. The fraction of sp³-hybridized carbons (Fsp3) is 0.167. The number of aromatic amines is 1. The molecule has 0 bridgehead atoms. The number of aromatic nitrogens is 4. The molecule has 0 unspecified atom stereocenters. The predicted molar refractivity (Wildman–Crippen MR) is 150 cm³/mol. The third-order valence-electron chi connectivity index (χ3n) is 6.05. The molecular weight excluding hydrogens is 654 g/mol. The molecule has 17 nitrogen and oxygen atoms in total. The van der Waals surface area contributed by atoms with Crippen LogP contribution in [0, 0.1) is 13.8 Å². The van der Waals surface area contributed by atoms with Crippen LogP contribution in [0.25, 0.3) is 0 Å². The molecule has 2 aromatic carbocycles. The molecule has 0 aliphatic carbocycles. The monoisotopic (exact) mass is 676 g/mol. The predicted octanol–water partition coefficient (Wildman–Crippen LogP) is -3.61. The molecule has 0 spiro atoms. The number of azo groups is 1. The molecule has 0 aliphatic heterocycles. The summed E-state index contributed by atoms with van der Waals surface area (Å²) in [7, 11) is -9.80. The molecule has 0 amide bonds. The van der Waals surface area contributed by atoms with E-state index in [1.54, 1.807) is 13.8 Å². The first-order valence-electron chi connectivity index (χ1n) is 12.1. The van der Waals surface area contributed by atoms with E-state index < -0.39 is 47.0 Å². The molecule has 226 valence electrons. The van der Waals surface area contributed by atoms with Crippen LogP contribution < -0.4 is 81.0 Å². The number of anilines is 4. The van der Waals surface area contributed by atoms with E-state index in [1.807, 2.05) is 0 Å². The Morgan fingerprint density at radius 1 is 0.911 bits per heavy atom. The van der Waals surface area contributed by atoms with E-state index in [9.17, 15) is 40.6 Å². The number of hydrogen-bond acceptors (Lipinski definition) is 15. The molecule has 4 rings (SSSR count). The number of benzene rings is 2. The van der Waals surface area contributed by atoms with E-state index in [2.05, 4.69) is 35.8 Å². The van der Waals surface area contributed by atoms with Crippen LogP contribution in [0.15, 0.2) is 72.1 Å². The summed E-state index contributed by atoms with van der Waals surface area (Å²) >= 11 is 0. The number of hydrogen-bond donors (Lipinski definition) is 4. The van der Waals surface area contributed by atoms with E-state index >= 15 is 0 Å². The maximum Gasteiger partial charge on any atom is 1.00 e. The van der Waals surface area contributed by atoms with Crippen molar-refractivity contribution in [2.45, 2.75) is 37.1 Å². The summed E-state index contributed by atoms with van der Waals surface area (Å²) in [6.07, 6.45) is 0. The normalized spacial score (nSPS) is 11.5. The Labute approximate surface area is 300 Å². The Bertz CT molecular complexity index is 2120. The van der Waals surface area contributed by atoms with Crippen LogP contribution in [0.2, 0.25) is 0 Å². The van der Waals surface area contributed by atoms with Crippen molar-refractivity contribution in [2.24, 2.45) is 10.2 Å². The fourth-order valence-corrected chi connectivity index (χ4v) is 4.93. The molecular formula is C24H22N8Na2O9S2. The van der Waals surface area contributed by atoms with Gasteiger partial charge < -0.3 is 24.8 Å². The van der Waals surface area contributed by atoms with Crippen LogP contribution >= 0.6 is 0 Å². The zero-order valence-corrected chi connectivity index (χ0v) is 30.1. The van der Waals surface area contributed by atoms with Gasteiger partial charge in [0.25, 0.3) is 5.56 Å². The topological polar surface area (TPSA) is 264 Å². The molecule has 0 radical (unpaired) electrons. The summed E-state index contributed by atoms with van der Waals surface area (Å²) in [5, 5.41) is 23.3. The van der Waals surface area contributed by atoms with E-state index in [0.717, 1.165) is 28.8 Å². The summed E-state index contributed by atoms with van der Waals surface area (Å²) in [5.74, 6) is -0.768. The van der Waals surface area contributed by atoms with Crippen molar-refractivity contribution in [3.8, 4) is 5.88 Å². The van der Waals surface area contributed by atoms with Crippen molar-refractivity contribution < 1.29 is 90.2 Å². The molecule has 2 aromatic heterocycles. The average molecular weight is 677 g/mol. The maximum absolute atomic E-state index is 12.8. The van der Waals surface area contributed by atoms with Crippen molar-refractivity contribution in [3.05, 3.63) is 74.4 Å². The molecule has 0 saturated heterocycles. The Kier molecular flexibility index (Phi) is 12.8. The van der Waals surface area contributed by atoms with Gasteiger partial charge in [-0.25, -0.2) is 21.6 Å². The molecule has 0 aliphatic rings. The number of nitrogens with zero attached hydrogens (tertiary/aromatic N) is 5. The van der Waals surface area contributed by atoms with Crippen molar-refractivity contribution in [3.63, 3.8) is 0 Å². The Morgan fingerprint density at radius 3 is 2.20 bits per heavy atom. The summed E-state index contributed by atoms with van der Waals surface area (Å²) in [6, 6.07) is 8.02. The first kappa shape index (κ1) is 38.2. The van der Waals surface area contributed by atoms with Gasteiger partial charge >= 0.3 is 64.8 Å². The SMILES string of the molecule is CCn1c(O)c(C)c(C)c(N=Nc2cc(Nc3nc(Nc4cccc(S(=O)(=O)[O-])c4)[nH]c(=O)n3)ccc2S(=O)(=O)[O-])c1=O.[Na+].[Na+]. The van der Waals surface area contributed by atoms with E-state index in [0.29, 0.717) is 5.56 Å². The second kappa shape index (κ2) is 15.1. The summed E-state index contributed by atoms with van der Waals surface area (Å²) in [6.45, 7) is 4.81. The number of H-pyrrole nitrogens is 1. The van der Waals surface area contributed by atoms with Gasteiger partial charge in [0.15, 0.2) is 11.6 Å². The minimum absolute atomic E-state index is 0. The molecule has 0 saturated carbocycles. The average Bonchev–Trinajstić information content (AvgIpc) is 2.91. The second-order valence-electron chi connectivity index (χ2n) is 8.87. The Morgan fingerprint density at radius 2 is 1.58 bits per heavy atom. The van der Waals surface area contributed by atoms with Gasteiger partial charge in [-0.05, 0) is 62.7 Å². The molecule has 21 heteroatoms. The van der Waals surface area contributed by atoms with Crippen LogP contribution in [0.4, 0.5) is 34.6 Å². The van der Waals surface area contributed by atoms with Crippen molar-refractivity contribution in [1.82, 2.24) is 19.5 Å². The zero-order valence-electron chi connectivity index (χ0n) is 24.5. The van der Waals surface area contributed by atoms with Gasteiger partial charge in [0.05, 0.1) is 9.79 Å². The molecule has 4 N–H and O–H groups in total. The van der Waals surface area contributed by atoms with E-state index in [4.69, 9.17) is 0 Å². The van der Waals surface area contributed by atoms with Gasteiger partial charge in [0.1, 0.15) is 25.9 Å². The fourth-order valence-electron chi connectivity index (χ4n) is 3.83. The van der Waals surface area contributed by atoms with Gasteiger partial charge in [-0.2, -0.15) is 9.97 Å². The number of rotatable bonds is 9. The zero-order chi connectivity index (χ0) is 31.7. The first-order chi connectivity index (χ1) is 20.1. The minimum Gasteiger partial charge on any atom is -0.744 e. The maximum atomic E-state index is 12.8. The minimum atomic E-state index is -5.05. The molecule has 45 heavy (non-hydrogen) atoms. The Hall–Kier alpha value is -2.98. The van der Waals surface area contributed by atoms with E-state index in [-0.39, 0.29) is 106 Å². The van der Waals surface area contributed by atoms with Gasteiger partial charge in [-0.15, -0.1) is 10.2 Å². The molecule has 4 aromatic rings. The second-order valence-corrected chi connectivity index (χ2v) is 11.6. The van der Waals surface area contributed by atoms with Crippen molar-refractivity contribution in [2.75, 3.05) is 10.6 Å². The van der Waals surface area contributed by atoms with Crippen LogP contribution in [0.3, 0.4) is 0 Å². The van der Waals surface area contributed by atoms with Crippen molar-refractivity contribution in [1.29, 1.82) is 0 Å². The standard InChI is InChI=1S/C24H24N8O9S2.2Na/c1-4-32-20(33)13(3)12(2)19(21(32)34)31-30-17-11-15(8-9-18(17)43(39,40)41)26-23-27-22(28-24(35)29-23)25-14-6-5-7-16(10-14)42(36,37)38;;/h5-11,33H,4H2,1-3H3,(H,36,37,38)(H,39,40,41)(H3,25,26,27,28,29,35);;/q;2*+1/p-2. The van der Waals surface area contributed by atoms with Crippen LogP contribution in [0.1, 0.15) is 18.1 Å². The smallest absolute Gasteiger partial charge is 0.744 e. The quantitative estimate of drug-likeness (QED) is 0.0759. The van der Waals surface area contributed by atoms with Crippen LogP contribution in [-0.2, 0) is 26.8 Å².